The lowest BCUT2D eigenvalue weighted by Crippen LogP contribution is -2.39. The van der Waals surface area contributed by atoms with Gasteiger partial charge in [0.25, 0.3) is 15.9 Å². The number of carbonyl (C=O) groups excluding carboxylic acids is 1. The maximum Gasteiger partial charge on any atom is 0.264 e. The van der Waals surface area contributed by atoms with Gasteiger partial charge >= 0.3 is 0 Å². The van der Waals surface area contributed by atoms with E-state index < -0.39 is 22.5 Å². The molecule has 0 aliphatic heterocycles. The Bertz CT molecular complexity index is 1380. The van der Waals surface area contributed by atoms with E-state index in [4.69, 9.17) is 14.2 Å². The van der Waals surface area contributed by atoms with Crippen molar-refractivity contribution in [1.82, 2.24) is 5.43 Å². The number of hydrogen-bond acceptors (Lipinski definition) is 8. The van der Waals surface area contributed by atoms with Crippen LogP contribution >= 0.6 is 11.8 Å². The summed E-state index contributed by atoms with van der Waals surface area (Å²) in [5.74, 6) is 1.19. The molecule has 3 aromatic carbocycles. The highest BCUT2D eigenvalue weighted by molar-refractivity contribution is 7.98. The van der Waals surface area contributed by atoms with Crippen molar-refractivity contribution in [2.45, 2.75) is 37.0 Å². The highest BCUT2D eigenvalue weighted by Gasteiger charge is 2.27. The smallest absolute Gasteiger partial charge is 0.264 e. The van der Waals surface area contributed by atoms with Gasteiger partial charge < -0.3 is 14.2 Å². The molecule has 0 bridgehead atoms. The van der Waals surface area contributed by atoms with E-state index in [0.717, 1.165) is 15.6 Å². The van der Waals surface area contributed by atoms with Crippen LogP contribution in [0.3, 0.4) is 0 Å². The molecule has 1 N–H and O–H groups in total. The van der Waals surface area contributed by atoms with Crippen molar-refractivity contribution in [2.75, 3.05) is 36.9 Å². The fraction of sp³-hybridized carbons (Fsp3) is 0.310. The van der Waals surface area contributed by atoms with Crippen molar-refractivity contribution in [1.29, 1.82) is 0 Å². The van der Waals surface area contributed by atoms with Gasteiger partial charge in [0.2, 0.25) is 0 Å². The number of carbonyl (C=O) groups is 1. The molecular formula is C29H35N3O6S2. The Kier molecular flexibility index (Phi) is 11.7. The standard InChI is InChI=1S/C29H35N3O6S2/c1-5-18-38-27-17-8-22(19-28(27)37-7-3)20-30-31-29(33)21-32(23-9-11-24(12-10-23)36-6-2)40(34,35)26-15-13-25(39-4)14-16-26/h8-17,19-20H,5-7,18,21H2,1-4H3,(H,31,33)/b30-20-. The van der Waals surface area contributed by atoms with Crippen LogP contribution in [0.5, 0.6) is 17.2 Å². The van der Waals surface area contributed by atoms with E-state index in [1.54, 1.807) is 54.6 Å². The zero-order valence-corrected chi connectivity index (χ0v) is 24.8. The number of hydrogen-bond donors (Lipinski definition) is 1. The van der Waals surface area contributed by atoms with Crippen LogP contribution in [0.2, 0.25) is 0 Å². The predicted molar refractivity (Wildman–Crippen MR) is 159 cm³/mol. The molecule has 0 saturated carbocycles. The number of amides is 1. The SMILES string of the molecule is CCCOc1ccc(/C=N\NC(=O)CN(c2ccc(OCC)cc2)S(=O)(=O)c2ccc(SC)cc2)cc1OCC. The van der Waals surface area contributed by atoms with E-state index in [1.807, 2.05) is 27.0 Å². The van der Waals surface area contributed by atoms with E-state index >= 15 is 0 Å². The van der Waals surface area contributed by atoms with Crippen molar-refractivity contribution < 1.29 is 27.4 Å². The maximum atomic E-state index is 13.6. The lowest BCUT2D eigenvalue weighted by molar-refractivity contribution is -0.119. The molecule has 0 unspecified atom stereocenters. The van der Waals surface area contributed by atoms with Gasteiger partial charge in [0.15, 0.2) is 11.5 Å². The van der Waals surface area contributed by atoms with Crippen LogP contribution in [-0.2, 0) is 14.8 Å². The number of hydrazone groups is 1. The van der Waals surface area contributed by atoms with Gasteiger partial charge in [-0.25, -0.2) is 13.8 Å². The van der Waals surface area contributed by atoms with E-state index in [0.29, 0.717) is 48.3 Å². The minimum Gasteiger partial charge on any atom is -0.494 e. The topological polar surface area (TPSA) is 107 Å². The third kappa shape index (κ3) is 8.40. The van der Waals surface area contributed by atoms with Crippen LogP contribution in [0.4, 0.5) is 5.69 Å². The van der Waals surface area contributed by atoms with Crippen LogP contribution in [0.15, 0.2) is 81.6 Å². The lowest BCUT2D eigenvalue weighted by atomic mass is 10.2. The van der Waals surface area contributed by atoms with E-state index in [1.165, 1.54) is 30.1 Å². The third-order valence-corrected chi connectivity index (χ3v) is 8.03. The van der Waals surface area contributed by atoms with E-state index in [9.17, 15) is 13.2 Å². The summed E-state index contributed by atoms with van der Waals surface area (Å²) in [4.78, 5) is 13.9. The van der Waals surface area contributed by atoms with Gasteiger partial charge in [0, 0.05) is 4.90 Å². The van der Waals surface area contributed by atoms with Crippen LogP contribution in [0, 0.1) is 0 Å². The minimum absolute atomic E-state index is 0.0734. The Morgan fingerprint density at radius 3 is 2.25 bits per heavy atom. The first-order valence-corrected chi connectivity index (χ1v) is 15.6. The molecule has 3 aromatic rings. The second-order valence-electron chi connectivity index (χ2n) is 8.39. The molecule has 40 heavy (non-hydrogen) atoms. The molecule has 11 heteroatoms. The maximum absolute atomic E-state index is 13.6. The van der Waals surface area contributed by atoms with Crippen molar-refractivity contribution in [3.05, 3.63) is 72.3 Å². The first-order chi connectivity index (χ1) is 19.3. The monoisotopic (exact) mass is 585 g/mol. The number of benzene rings is 3. The number of anilines is 1. The summed E-state index contributed by atoms with van der Waals surface area (Å²) in [7, 11) is -4.06. The molecule has 1 amide bonds. The highest BCUT2D eigenvalue weighted by atomic mass is 32.2. The number of nitrogens with zero attached hydrogens (tertiary/aromatic N) is 2. The molecule has 0 saturated heterocycles. The summed E-state index contributed by atoms with van der Waals surface area (Å²) in [6, 6.07) is 18.4. The fourth-order valence-corrected chi connectivity index (χ4v) is 5.44. The second kappa shape index (κ2) is 15.2. The fourth-order valence-electron chi connectivity index (χ4n) is 3.61. The van der Waals surface area contributed by atoms with Crippen molar-refractivity contribution in [3.8, 4) is 17.2 Å². The van der Waals surface area contributed by atoms with Gasteiger partial charge in [-0.2, -0.15) is 5.10 Å². The predicted octanol–water partition coefficient (Wildman–Crippen LogP) is 5.34. The average molecular weight is 586 g/mol. The second-order valence-corrected chi connectivity index (χ2v) is 11.1. The number of ether oxygens (including phenoxy) is 3. The summed E-state index contributed by atoms with van der Waals surface area (Å²) >= 11 is 1.51. The van der Waals surface area contributed by atoms with Gasteiger partial charge in [-0.05, 0) is 98.8 Å². The minimum atomic E-state index is -4.06. The highest BCUT2D eigenvalue weighted by Crippen LogP contribution is 2.29. The van der Waals surface area contributed by atoms with Gasteiger partial charge in [-0.15, -0.1) is 11.8 Å². The largest absolute Gasteiger partial charge is 0.494 e. The Morgan fingerprint density at radius 2 is 1.62 bits per heavy atom. The summed E-state index contributed by atoms with van der Waals surface area (Å²) in [5.41, 5.74) is 3.43. The molecule has 0 radical (unpaired) electrons. The summed E-state index contributed by atoms with van der Waals surface area (Å²) in [6.07, 6.45) is 4.24. The Hall–Kier alpha value is -3.70. The first-order valence-electron chi connectivity index (χ1n) is 12.9. The molecule has 0 aromatic heterocycles. The van der Waals surface area contributed by atoms with Crippen molar-refractivity contribution in [3.63, 3.8) is 0 Å². The molecule has 0 spiro atoms. The van der Waals surface area contributed by atoms with Gasteiger partial charge in [-0.3, -0.25) is 9.10 Å². The normalized spacial score (nSPS) is 11.3. The summed E-state index contributed by atoms with van der Waals surface area (Å²) in [6.45, 7) is 6.80. The quantitative estimate of drug-likeness (QED) is 0.146. The molecule has 0 atom stereocenters. The average Bonchev–Trinajstić information content (AvgIpc) is 2.96. The molecule has 0 aliphatic rings. The van der Waals surface area contributed by atoms with Crippen molar-refractivity contribution in [2.24, 2.45) is 5.10 Å². The first kappa shape index (κ1) is 30.8. The molecule has 3 rings (SSSR count). The molecule has 9 nitrogen and oxygen atoms in total. The zero-order valence-electron chi connectivity index (χ0n) is 23.1. The molecule has 0 fully saturated rings. The van der Waals surface area contributed by atoms with E-state index in [-0.39, 0.29) is 4.90 Å². The van der Waals surface area contributed by atoms with Crippen LogP contribution in [-0.4, -0.2) is 53.2 Å². The van der Waals surface area contributed by atoms with Gasteiger partial charge in [-0.1, -0.05) is 6.92 Å². The number of rotatable bonds is 15. The number of sulfonamides is 1. The Morgan fingerprint density at radius 1 is 0.925 bits per heavy atom. The molecular weight excluding hydrogens is 550 g/mol. The number of nitrogens with one attached hydrogen (secondary N) is 1. The Balaban J connectivity index is 1.80. The van der Waals surface area contributed by atoms with Gasteiger partial charge in [0.1, 0.15) is 12.3 Å². The van der Waals surface area contributed by atoms with Crippen LogP contribution in [0.1, 0.15) is 32.8 Å². The molecule has 214 valence electrons. The van der Waals surface area contributed by atoms with Crippen LogP contribution < -0.4 is 23.9 Å². The number of thioether (sulfide) groups is 1. The lowest BCUT2D eigenvalue weighted by Gasteiger charge is -2.24. The van der Waals surface area contributed by atoms with Crippen LogP contribution in [0.25, 0.3) is 0 Å². The van der Waals surface area contributed by atoms with Gasteiger partial charge in [0.05, 0.1) is 36.6 Å². The summed E-state index contributed by atoms with van der Waals surface area (Å²) in [5, 5.41) is 4.03. The summed E-state index contributed by atoms with van der Waals surface area (Å²) < 4.78 is 45.2. The Labute approximate surface area is 240 Å². The van der Waals surface area contributed by atoms with E-state index in [2.05, 4.69) is 10.5 Å². The van der Waals surface area contributed by atoms with Crippen molar-refractivity contribution >= 4 is 39.6 Å². The molecule has 0 heterocycles. The zero-order chi connectivity index (χ0) is 29.0. The third-order valence-electron chi connectivity index (χ3n) is 5.50. The molecule has 0 aliphatic carbocycles.